The highest BCUT2D eigenvalue weighted by Gasteiger charge is 2.23. The zero-order valence-electron chi connectivity index (χ0n) is 41.2. The first-order chi connectivity index (χ1) is 37.7. The molecule has 0 amide bonds. The minimum atomic E-state index is 0.906. The smallest absolute Gasteiger partial charge is 0.143 e. The van der Waals surface area contributed by atoms with Crippen molar-refractivity contribution in [2.24, 2.45) is 0 Å². The van der Waals surface area contributed by atoms with Gasteiger partial charge < -0.3 is 4.42 Å². The number of hydrogen-bond acceptors (Lipinski definition) is 2. The lowest BCUT2D eigenvalue weighted by atomic mass is 9.84. The summed E-state index contributed by atoms with van der Waals surface area (Å²) in [7, 11) is 0. The second-order valence-corrected chi connectivity index (χ2v) is 21.2. The summed E-state index contributed by atoms with van der Waals surface area (Å²) in [5.74, 6) is 0. The maximum absolute atomic E-state index is 6.68. The second kappa shape index (κ2) is 17.0. The molecule has 2 heterocycles. The van der Waals surface area contributed by atoms with Crippen LogP contribution >= 0.6 is 11.3 Å². The molecule has 0 atom stereocenters. The van der Waals surface area contributed by atoms with Crippen LogP contribution in [-0.4, -0.2) is 0 Å². The van der Waals surface area contributed by atoms with Crippen molar-refractivity contribution in [3.8, 4) is 66.8 Å². The van der Waals surface area contributed by atoms with E-state index >= 15 is 0 Å². The fourth-order valence-electron chi connectivity index (χ4n) is 12.8. The van der Waals surface area contributed by atoms with E-state index in [-0.39, 0.29) is 0 Å². The van der Waals surface area contributed by atoms with E-state index in [0.717, 1.165) is 27.5 Å². The molecular formula is C74H44OS. The molecule has 76 heavy (non-hydrogen) atoms. The van der Waals surface area contributed by atoms with Crippen LogP contribution in [0.15, 0.2) is 271 Å². The van der Waals surface area contributed by atoms with E-state index in [9.17, 15) is 0 Å². The Kier molecular flexibility index (Phi) is 9.57. The molecule has 1 nitrogen and oxygen atoms in total. The van der Waals surface area contributed by atoms with Crippen LogP contribution in [0.4, 0.5) is 0 Å². The van der Waals surface area contributed by atoms with Crippen molar-refractivity contribution < 1.29 is 4.42 Å². The first-order valence-corrected chi connectivity index (χ1v) is 27.0. The van der Waals surface area contributed by atoms with E-state index in [0.29, 0.717) is 0 Å². The Balaban J connectivity index is 0.838. The van der Waals surface area contributed by atoms with Crippen LogP contribution in [0.3, 0.4) is 0 Å². The highest BCUT2D eigenvalue weighted by Crippen LogP contribution is 2.51. The largest absolute Gasteiger partial charge is 0.455 e. The van der Waals surface area contributed by atoms with Gasteiger partial charge in [0.05, 0.1) is 0 Å². The third-order valence-corrected chi connectivity index (χ3v) is 17.2. The normalized spacial score (nSPS) is 11.9. The van der Waals surface area contributed by atoms with Gasteiger partial charge in [-0.05, 0) is 128 Å². The predicted molar refractivity (Wildman–Crippen MR) is 327 cm³/mol. The van der Waals surface area contributed by atoms with Crippen molar-refractivity contribution in [2.75, 3.05) is 0 Å². The highest BCUT2D eigenvalue weighted by atomic mass is 32.1. The molecule has 0 radical (unpaired) electrons. The first-order valence-electron chi connectivity index (χ1n) is 26.1. The van der Waals surface area contributed by atoms with Gasteiger partial charge in [0.2, 0.25) is 0 Å². The van der Waals surface area contributed by atoms with Crippen molar-refractivity contribution >= 4 is 107 Å². The Hall–Kier alpha value is -9.60. The Morgan fingerprint density at radius 1 is 0.250 bits per heavy atom. The third kappa shape index (κ3) is 6.45. The molecule has 0 fully saturated rings. The average Bonchev–Trinajstić information content (AvgIpc) is 4.12. The topological polar surface area (TPSA) is 13.1 Å². The number of fused-ring (bicyclic) bond motifs is 11. The van der Waals surface area contributed by atoms with Gasteiger partial charge >= 0.3 is 0 Å². The van der Waals surface area contributed by atoms with Crippen molar-refractivity contribution in [3.05, 3.63) is 267 Å². The molecule has 0 aliphatic carbocycles. The van der Waals surface area contributed by atoms with Gasteiger partial charge in [-0.3, -0.25) is 0 Å². The minimum Gasteiger partial charge on any atom is -0.455 e. The number of thiophene rings is 1. The van der Waals surface area contributed by atoms with Gasteiger partial charge in [-0.2, -0.15) is 0 Å². The monoisotopic (exact) mass is 980 g/mol. The van der Waals surface area contributed by atoms with Crippen molar-refractivity contribution in [1.29, 1.82) is 0 Å². The summed E-state index contributed by atoms with van der Waals surface area (Å²) in [4.78, 5) is 0. The summed E-state index contributed by atoms with van der Waals surface area (Å²) in [6.45, 7) is 0. The molecule has 0 aliphatic rings. The van der Waals surface area contributed by atoms with E-state index in [1.807, 2.05) is 17.4 Å². The molecule has 16 aromatic rings. The van der Waals surface area contributed by atoms with E-state index in [1.54, 1.807) is 0 Å². The summed E-state index contributed by atoms with van der Waals surface area (Å²) in [6.07, 6.45) is 0. The standard InChI is InChI=1S/C74H44OS/c1-2-25-50-45(19-1)20-15-36-53(50)69-58-31-7-9-33-60(58)71(61-34-10-8-32-59(61)69)64-39-17-40-65-72-51(35-18-42-67(72)76-74(64)65)48-23-13-21-46(43-48)47-22-14-24-49(44-47)68-54-27-3-5-29-56(54)70(57-30-6-4-28-55(57)68)63-38-16-37-62-52-26-11-12-41-66(52)75-73(62)63/h1-44H. The summed E-state index contributed by atoms with van der Waals surface area (Å²) in [5, 5.41) is 17.3. The molecule has 0 unspecified atom stereocenters. The van der Waals surface area contributed by atoms with Crippen molar-refractivity contribution in [1.82, 2.24) is 0 Å². The van der Waals surface area contributed by atoms with Gasteiger partial charge in [0.15, 0.2) is 0 Å². The molecule has 2 heteroatoms. The second-order valence-electron chi connectivity index (χ2n) is 20.1. The predicted octanol–water partition coefficient (Wildman–Crippen LogP) is 21.7. The summed E-state index contributed by atoms with van der Waals surface area (Å²) in [5.41, 5.74) is 16.5. The maximum Gasteiger partial charge on any atom is 0.143 e. The molecule has 14 aromatic carbocycles. The Morgan fingerprint density at radius 3 is 1.32 bits per heavy atom. The van der Waals surface area contributed by atoms with E-state index < -0.39 is 0 Å². The Bertz CT molecular complexity index is 4950. The van der Waals surface area contributed by atoms with Gasteiger partial charge in [-0.1, -0.05) is 243 Å². The molecule has 16 rings (SSSR count). The lowest BCUT2D eigenvalue weighted by Crippen LogP contribution is -1.91. The summed E-state index contributed by atoms with van der Waals surface area (Å²) >= 11 is 1.91. The zero-order valence-corrected chi connectivity index (χ0v) is 42.0. The van der Waals surface area contributed by atoms with Crippen LogP contribution in [0, 0.1) is 0 Å². The fraction of sp³-hybridized carbons (Fsp3) is 0. The molecule has 0 aliphatic heterocycles. The van der Waals surface area contributed by atoms with Gasteiger partial charge in [0.25, 0.3) is 0 Å². The lowest BCUT2D eigenvalue weighted by molar-refractivity contribution is 0.670. The number of hydrogen-bond donors (Lipinski definition) is 0. The van der Waals surface area contributed by atoms with Gasteiger partial charge in [-0.25, -0.2) is 0 Å². The number of rotatable bonds is 6. The molecule has 0 bridgehead atoms. The Morgan fingerprint density at radius 2 is 0.658 bits per heavy atom. The maximum atomic E-state index is 6.68. The molecule has 0 spiro atoms. The van der Waals surface area contributed by atoms with E-state index in [2.05, 4.69) is 261 Å². The van der Waals surface area contributed by atoms with Crippen LogP contribution < -0.4 is 0 Å². The molecule has 0 saturated heterocycles. The van der Waals surface area contributed by atoms with Crippen LogP contribution in [-0.2, 0) is 0 Å². The fourth-order valence-corrected chi connectivity index (χ4v) is 14.1. The van der Waals surface area contributed by atoms with Gasteiger partial charge in [-0.15, -0.1) is 11.3 Å². The van der Waals surface area contributed by atoms with E-state index in [1.165, 1.54) is 135 Å². The average molecular weight is 981 g/mol. The third-order valence-electron chi connectivity index (χ3n) is 16.0. The lowest BCUT2D eigenvalue weighted by Gasteiger charge is -2.19. The van der Waals surface area contributed by atoms with Crippen molar-refractivity contribution in [2.45, 2.75) is 0 Å². The van der Waals surface area contributed by atoms with Gasteiger partial charge in [0, 0.05) is 47.6 Å². The molecule has 352 valence electrons. The summed E-state index contributed by atoms with van der Waals surface area (Å²) < 4.78 is 9.27. The Labute approximate surface area is 442 Å². The van der Waals surface area contributed by atoms with Crippen LogP contribution in [0.25, 0.3) is 163 Å². The van der Waals surface area contributed by atoms with Crippen LogP contribution in [0.1, 0.15) is 0 Å². The first kappa shape index (κ1) is 42.9. The van der Waals surface area contributed by atoms with Gasteiger partial charge in [0.1, 0.15) is 11.2 Å². The zero-order chi connectivity index (χ0) is 49.8. The van der Waals surface area contributed by atoms with Crippen molar-refractivity contribution in [3.63, 3.8) is 0 Å². The van der Waals surface area contributed by atoms with Crippen LogP contribution in [0.5, 0.6) is 0 Å². The number of benzene rings is 14. The number of furan rings is 1. The highest BCUT2D eigenvalue weighted by molar-refractivity contribution is 7.26. The molecular weight excluding hydrogens is 937 g/mol. The molecule has 0 N–H and O–H groups in total. The minimum absolute atomic E-state index is 0.906. The molecule has 2 aromatic heterocycles. The SMILES string of the molecule is c1cc(-c2cccc(-c3cccc4sc5c(-c6c7ccccc7c(-c7cccc8ccccc78)c7ccccc67)cccc5c34)c2)cc(-c2c3ccccc3c(-c3cccc4c3oc3ccccc34)c3ccccc23)c1. The van der Waals surface area contributed by atoms with Crippen LogP contribution in [0.2, 0.25) is 0 Å². The molecule has 0 saturated carbocycles. The van der Waals surface area contributed by atoms with E-state index in [4.69, 9.17) is 4.42 Å². The quantitative estimate of drug-likeness (QED) is 0.151. The summed E-state index contributed by atoms with van der Waals surface area (Å²) in [6, 6.07) is 98.4. The number of para-hydroxylation sites is 2.